The summed E-state index contributed by atoms with van der Waals surface area (Å²) < 4.78 is 3.11. The summed E-state index contributed by atoms with van der Waals surface area (Å²) in [5.41, 5.74) is 7.99. The summed E-state index contributed by atoms with van der Waals surface area (Å²) in [5.74, 6) is 1.57. The molecule has 0 bridgehead atoms. The Hall–Kier alpha value is -1.18. The van der Waals surface area contributed by atoms with Crippen molar-refractivity contribution in [3.8, 4) is 11.5 Å². The van der Waals surface area contributed by atoms with Crippen LogP contribution in [0.25, 0.3) is 11.5 Å². The second kappa shape index (κ2) is 4.73. The number of rotatable bonds is 3. The maximum absolute atomic E-state index is 6.02. The molecule has 5 nitrogen and oxygen atoms in total. The Bertz CT molecular complexity index is 615. The van der Waals surface area contributed by atoms with Crippen LogP contribution in [-0.2, 0) is 0 Å². The minimum absolute atomic E-state index is 0.327. The molecule has 1 saturated carbocycles. The zero-order valence-electron chi connectivity index (χ0n) is 11.0. The molecule has 1 aliphatic rings. The fraction of sp³-hybridized carbons (Fsp3) is 0.462. The van der Waals surface area contributed by atoms with Crippen molar-refractivity contribution in [2.24, 2.45) is 0 Å². The largest absolute Gasteiger partial charge is 0.383 e. The Morgan fingerprint density at radius 2 is 2.11 bits per heavy atom. The van der Waals surface area contributed by atoms with Crippen molar-refractivity contribution in [2.45, 2.75) is 38.6 Å². The van der Waals surface area contributed by atoms with Gasteiger partial charge in [0, 0.05) is 6.04 Å². The van der Waals surface area contributed by atoms with Gasteiger partial charge >= 0.3 is 0 Å². The van der Waals surface area contributed by atoms with Crippen molar-refractivity contribution < 1.29 is 0 Å². The van der Waals surface area contributed by atoms with Gasteiger partial charge in [-0.25, -0.2) is 15.0 Å². The van der Waals surface area contributed by atoms with Crippen LogP contribution in [0.3, 0.4) is 0 Å². The number of nitrogen functional groups attached to an aromatic ring is 1. The van der Waals surface area contributed by atoms with E-state index in [1.807, 2.05) is 12.5 Å². The molecule has 100 valence electrons. The molecule has 0 aliphatic heterocycles. The van der Waals surface area contributed by atoms with E-state index in [2.05, 4.69) is 56.0 Å². The lowest BCUT2D eigenvalue weighted by Gasteiger charge is -2.12. The second-order valence-electron chi connectivity index (χ2n) is 5.20. The topological polar surface area (TPSA) is 69.6 Å². The van der Waals surface area contributed by atoms with E-state index in [4.69, 9.17) is 5.73 Å². The molecule has 0 unspecified atom stereocenters. The summed E-state index contributed by atoms with van der Waals surface area (Å²) in [7, 11) is 0. The van der Waals surface area contributed by atoms with E-state index >= 15 is 0 Å². The maximum atomic E-state index is 6.02. The van der Waals surface area contributed by atoms with Crippen LogP contribution in [-0.4, -0.2) is 19.5 Å². The fourth-order valence-corrected chi connectivity index (χ4v) is 2.97. The average molecular weight is 369 g/mol. The number of hydrogen-bond donors (Lipinski definition) is 1. The SMILES string of the molecule is CC(C)c1nc(-c2cncn2C2CC2)nc(N)c1I. The van der Waals surface area contributed by atoms with Gasteiger partial charge in [0.25, 0.3) is 0 Å². The summed E-state index contributed by atoms with van der Waals surface area (Å²) in [4.78, 5) is 13.3. The summed E-state index contributed by atoms with van der Waals surface area (Å²) >= 11 is 2.22. The molecule has 0 aromatic carbocycles. The van der Waals surface area contributed by atoms with Gasteiger partial charge in [-0.05, 0) is 41.4 Å². The molecular weight excluding hydrogens is 353 g/mol. The minimum atomic E-state index is 0.327. The Balaban J connectivity index is 2.12. The number of imidazole rings is 1. The molecule has 2 aromatic rings. The highest BCUT2D eigenvalue weighted by molar-refractivity contribution is 14.1. The summed E-state index contributed by atoms with van der Waals surface area (Å²) in [6.07, 6.45) is 6.10. The van der Waals surface area contributed by atoms with Gasteiger partial charge in [0.1, 0.15) is 11.5 Å². The third kappa shape index (κ3) is 2.33. The van der Waals surface area contributed by atoms with Gasteiger partial charge < -0.3 is 10.3 Å². The van der Waals surface area contributed by atoms with Crippen LogP contribution in [0.4, 0.5) is 5.82 Å². The van der Waals surface area contributed by atoms with E-state index in [-0.39, 0.29) is 0 Å². The van der Waals surface area contributed by atoms with E-state index in [0.29, 0.717) is 23.6 Å². The van der Waals surface area contributed by atoms with Crippen LogP contribution in [0.15, 0.2) is 12.5 Å². The van der Waals surface area contributed by atoms with Crippen molar-refractivity contribution in [2.75, 3.05) is 5.73 Å². The highest BCUT2D eigenvalue weighted by Gasteiger charge is 2.27. The standard InChI is InChI=1S/C13H16IN5/c1-7(2)11-10(14)12(15)18-13(17-11)9-5-16-6-19(9)8-3-4-8/h5-8H,3-4H2,1-2H3,(H2,15,17,18). The van der Waals surface area contributed by atoms with E-state index in [0.717, 1.165) is 15.0 Å². The highest BCUT2D eigenvalue weighted by Crippen LogP contribution is 2.38. The lowest BCUT2D eigenvalue weighted by molar-refractivity contribution is 0.739. The third-order valence-electron chi connectivity index (χ3n) is 3.28. The van der Waals surface area contributed by atoms with Crippen LogP contribution >= 0.6 is 22.6 Å². The van der Waals surface area contributed by atoms with Gasteiger partial charge in [0.05, 0.1) is 21.8 Å². The molecule has 0 atom stereocenters. The number of hydrogen-bond acceptors (Lipinski definition) is 4. The summed E-state index contributed by atoms with van der Waals surface area (Å²) in [6, 6.07) is 0.559. The molecule has 2 N–H and O–H groups in total. The van der Waals surface area contributed by atoms with Gasteiger partial charge in [-0.3, -0.25) is 0 Å². The number of halogens is 1. The van der Waals surface area contributed by atoms with Gasteiger partial charge in [-0.1, -0.05) is 13.8 Å². The van der Waals surface area contributed by atoms with Gasteiger partial charge in [-0.15, -0.1) is 0 Å². The monoisotopic (exact) mass is 369 g/mol. The molecule has 0 amide bonds. The summed E-state index contributed by atoms with van der Waals surface area (Å²) in [6.45, 7) is 4.23. The van der Waals surface area contributed by atoms with Crippen LogP contribution in [0.5, 0.6) is 0 Å². The molecule has 3 rings (SSSR count). The second-order valence-corrected chi connectivity index (χ2v) is 6.28. The van der Waals surface area contributed by atoms with Crippen LogP contribution in [0.1, 0.15) is 44.3 Å². The molecule has 6 heteroatoms. The highest BCUT2D eigenvalue weighted by atomic mass is 127. The lowest BCUT2D eigenvalue weighted by atomic mass is 10.1. The smallest absolute Gasteiger partial charge is 0.180 e. The molecule has 1 fully saturated rings. The van der Waals surface area contributed by atoms with Crippen molar-refractivity contribution in [3.05, 3.63) is 21.8 Å². The average Bonchev–Trinajstić information content (AvgIpc) is 3.10. The third-order valence-corrected chi connectivity index (χ3v) is 4.39. The first-order valence-corrected chi connectivity index (χ1v) is 7.51. The van der Waals surface area contributed by atoms with E-state index in [1.165, 1.54) is 12.8 Å². The van der Waals surface area contributed by atoms with Crippen LogP contribution in [0.2, 0.25) is 0 Å². The van der Waals surface area contributed by atoms with Crippen molar-refractivity contribution in [1.29, 1.82) is 0 Å². The van der Waals surface area contributed by atoms with E-state index < -0.39 is 0 Å². The normalized spacial score (nSPS) is 15.2. The van der Waals surface area contributed by atoms with Crippen LogP contribution < -0.4 is 5.73 Å². The Labute approximate surface area is 125 Å². The predicted molar refractivity (Wildman–Crippen MR) is 82.7 cm³/mol. The van der Waals surface area contributed by atoms with Gasteiger partial charge in [-0.2, -0.15) is 0 Å². The zero-order chi connectivity index (χ0) is 13.6. The first kappa shape index (κ1) is 12.8. The predicted octanol–water partition coefficient (Wildman–Crippen LogP) is 2.99. The van der Waals surface area contributed by atoms with Crippen molar-refractivity contribution in [1.82, 2.24) is 19.5 Å². The van der Waals surface area contributed by atoms with Gasteiger partial charge in [0.2, 0.25) is 0 Å². The molecular formula is C13H16IN5. The molecule has 0 saturated heterocycles. The molecule has 0 radical (unpaired) electrons. The number of anilines is 1. The molecule has 2 heterocycles. The maximum Gasteiger partial charge on any atom is 0.180 e. The minimum Gasteiger partial charge on any atom is -0.383 e. The summed E-state index contributed by atoms with van der Waals surface area (Å²) in [5, 5.41) is 0. The lowest BCUT2D eigenvalue weighted by Crippen LogP contribution is -2.08. The molecule has 2 aromatic heterocycles. The Morgan fingerprint density at radius 1 is 1.37 bits per heavy atom. The van der Waals surface area contributed by atoms with Crippen molar-refractivity contribution in [3.63, 3.8) is 0 Å². The van der Waals surface area contributed by atoms with Crippen LogP contribution in [0, 0.1) is 3.57 Å². The van der Waals surface area contributed by atoms with E-state index in [9.17, 15) is 0 Å². The molecule has 19 heavy (non-hydrogen) atoms. The van der Waals surface area contributed by atoms with E-state index in [1.54, 1.807) is 0 Å². The van der Waals surface area contributed by atoms with Crippen molar-refractivity contribution >= 4 is 28.4 Å². The fourth-order valence-electron chi connectivity index (χ4n) is 2.10. The number of aromatic nitrogens is 4. The quantitative estimate of drug-likeness (QED) is 0.845. The Kier molecular flexibility index (Phi) is 3.20. The first-order valence-electron chi connectivity index (χ1n) is 6.43. The first-order chi connectivity index (χ1) is 9.08. The van der Waals surface area contributed by atoms with Gasteiger partial charge in [0.15, 0.2) is 5.82 Å². The number of nitrogens with zero attached hydrogens (tertiary/aromatic N) is 4. The number of nitrogens with two attached hydrogens (primary N) is 1. The molecule has 1 aliphatic carbocycles. The Morgan fingerprint density at radius 3 is 2.74 bits per heavy atom. The molecule has 0 spiro atoms. The zero-order valence-corrected chi connectivity index (χ0v) is 13.1.